The minimum absolute atomic E-state index is 0.204. The Kier molecular flexibility index (Phi) is 5.97. The zero-order valence-electron chi connectivity index (χ0n) is 15.4. The van der Waals surface area contributed by atoms with Crippen molar-refractivity contribution in [2.45, 2.75) is 71.1 Å². The Bertz CT molecular complexity index is 558. The summed E-state index contributed by atoms with van der Waals surface area (Å²) in [4.78, 5) is 11.8. The molecule has 1 fully saturated rings. The molecule has 0 aliphatic heterocycles. The maximum absolute atomic E-state index is 11.8. The molecule has 0 unspecified atom stereocenters. The predicted molar refractivity (Wildman–Crippen MR) is 96.8 cm³/mol. The molecular weight excluding hydrogens is 304 g/mol. The molecule has 0 spiro atoms. The highest BCUT2D eigenvalue weighted by atomic mass is 16.6. The highest BCUT2D eigenvalue weighted by Crippen LogP contribution is 2.26. The van der Waals surface area contributed by atoms with Gasteiger partial charge in [0.25, 0.3) is 0 Å². The lowest BCUT2D eigenvalue weighted by Gasteiger charge is -2.31. The van der Waals surface area contributed by atoms with E-state index in [1.807, 2.05) is 32.9 Å². The minimum Gasteiger partial charge on any atom is -0.497 e. The molecule has 5 nitrogen and oxygen atoms in total. The van der Waals surface area contributed by atoms with Crippen LogP contribution in [0.1, 0.15) is 52.0 Å². The molecule has 0 heterocycles. The summed E-state index contributed by atoms with van der Waals surface area (Å²) in [5.74, 6) is 0.878. The largest absolute Gasteiger partial charge is 0.497 e. The van der Waals surface area contributed by atoms with E-state index >= 15 is 0 Å². The van der Waals surface area contributed by atoms with Crippen LogP contribution in [-0.4, -0.2) is 30.9 Å². The van der Waals surface area contributed by atoms with E-state index in [0.717, 1.165) is 37.1 Å². The first-order chi connectivity index (χ1) is 11.3. The summed E-state index contributed by atoms with van der Waals surface area (Å²) in [6.07, 6.45) is 3.68. The highest BCUT2D eigenvalue weighted by molar-refractivity contribution is 5.68. The Balaban J connectivity index is 1.80. The number of carbonyl (C=O) groups is 1. The molecule has 2 rings (SSSR count). The molecule has 0 aromatic heterocycles. The molecule has 1 aliphatic carbocycles. The Morgan fingerprint density at radius 3 is 2.29 bits per heavy atom. The van der Waals surface area contributed by atoms with Gasteiger partial charge in [-0.05, 0) is 77.1 Å². The zero-order chi connectivity index (χ0) is 17.7. The fourth-order valence-corrected chi connectivity index (χ4v) is 3.00. The maximum Gasteiger partial charge on any atom is 0.407 e. The summed E-state index contributed by atoms with van der Waals surface area (Å²) in [7, 11) is 1.68. The van der Waals surface area contributed by atoms with Crippen molar-refractivity contribution >= 4 is 11.8 Å². The third-order valence-corrected chi connectivity index (χ3v) is 4.24. The first kappa shape index (κ1) is 18.4. The number of alkyl carbamates (subject to hydrolysis) is 1. The zero-order valence-corrected chi connectivity index (χ0v) is 15.4. The highest BCUT2D eigenvalue weighted by Gasteiger charge is 2.24. The summed E-state index contributed by atoms with van der Waals surface area (Å²) in [6.45, 7) is 7.72. The topological polar surface area (TPSA) is 59.6 Å². The van der Waals surface area contributed by atoms with Gasteiger partial charge in [0.15, 0.2) is 0 Å². The lowest BCUT2D eigenvalue weighted by molar-refractivity contribution is 0.0492. The quantitative estimate of drug-likeness (QED) is 0.864. The van der Waals surface area contributed by atoms with Crippen LogP contribution in [0, 0.1) is 6.92 Å². The van der Waals surface area contributed by atoms with Crippen LogP contribution in [0.3, 0.4) is 0 Å². The number of amides is 1. The number of rotatable bonds is 4. The van der Waals surface area contributed by atoms with Gasteiger partial charge < -0.3 is 20.1 Å². The second-order valence-corrected chi connectivity index (χ2v) is 7.52. The van der Waals surface area contributed by atoms with Gasteiger partial charge in [-0.15, -0.1) is 0 Å². The van der Waals surface area contributed by atoms with Crippen molar-refractivity contribution in [1.29, 1.82) is 0 Å². The molecule has 1 aromatic carbocycles. The average Bonchev–Trinajstić information content (AvgIpc) is 2.49. The van der Waals surface area contributed by atoms with Gasteiger partial charge in [-0.2, -0.15) is 0 Å². The fourth-order valence-electron chi connectivity index (χ4n) is 3.00. The Hall–Kier alpha value is -1.91. The molecule has 5 heteroatoms. The van der Waals surface area contributed by atoms with E-state index in [1.165, 1.54) is 5.56 Å². The number of benzene rings is 1. The minimum atomic E-state index is -0.450. The molecule has 0 radical (unpaired) electrons. The van der Waals surface area contributed by atoms with E-state index in [1.54, 1.807) is 7.11 Å². The first-order valence-electron chi connectivity index (χ1n) is 8.67. The fraction of sp³-hybridized carbons (Fsp3) is 0.632. The molecule has 1 saturated carbocycles. The number of hydrogen-bond donors (Lipinski definition) is 2. The molecule has 2 N–H and O–H groups in total. The number of hydrogen-bond acceptors (Lipinski definition) is 4. The predicted octanol–water partition coefficient (Wildman–Crippen LogP) is 4.25. The van der Waals surface area contributed by atoms with Crippen molar-refractivity contribution in [1.82, 2.24) is 5.32 Å². The summed E-state index contributed by atoms with van der Waals surface area (Å²) in [5.41, 5.74) is 1.89. The van der Waals surface area contributed by atoms with Gasteiger partial charge in [0.05, 0.1) is 7.11 Å². The maximum atomic E-state index is 11.8. The summed E-state index contributed by atoms with van der Waals surface area (Å²) in [6, 6.07) is 6.73. The molecule has 0 atom stereocenters. The Morgan fingerprint density at radius 1 is 1.12 bits per heavy atom. The first-order valence-corrected chi connectivity index (χ1v) is 8.67. The van der Waals surface area contributed by atoms with Gasteiger partial charge in [-0.3, -0.25) is 0 Å². The number of carbonyl (C=O) groups excluding carboxylic acids is 1. The van der Waals surface area contributed by atoms with Crippen molar-refractivity contribution in [3.05, 3.63) is 23.8 Å². The summed E-state index contributed by atoms with van der Waals surface area (Å²) < 4.78 is 10.6. The van der Waals surface area contributed by atoms with Crippen LogP contribution in [0.15, 0.2) is 18.2 Å². The molecular formula is C19H30N2O3. The second kappa shape index (κ2) is 7.77. The Morgan fingerprint density at radius 2 is 1.75 bits per heavy atom. The standard InChI is InChI=1S/C19H30N2O3/c1-13-12-16(23-5)10-11-17(13)20-14-6-8-15(9-7-14)21-18(22)24-19(2,3)4/h10-12,14-15,20H,6-9H2,1-5H3,(H,21,22). The lowest BCUT2D eigenvalue weighted by Crippen LogP contribution is -2.42. The third kappa shape index (κ3) is 5.62. The monoisotopic (exact) mass is 334 g/mol. The van der Waals surface area contributed by atoms with Crippen LogP contribution in [-0.2, 0) is 4.74 Å². The van der Waals surface area contributed by atoms with Gasteiger partial charge in [-0.1, -0.05) is 0 Å². The van der Waals surface area contributed by atoms with E-state index in [9.17, 15) is 4.79 Å². The van der Waals surface area contributed by atoms with Crippen LogP contribution in [0.25, 0.3) is 0 Å². The van der Waals surface area contributed by atoms with Gasteiger partial charge >= 0.3 is 6.09 Å². The average molecular weight is 334 g/mol. The lowest BCUT2D eigenvalue weighted by atomic mass is 9.91. The summed E-state index contributed by atoms with van der Waals surface area (Å²) >= 11 is 0. The van der Waals surface area contributed by atoms with Crippen molar-refractivity contribution in [2.24, 2.45) is 0 Å². The van der Waals surface area contributed by atoms with Crippen molar-refractivity contribution in [2.75, 3.05) is 12.4 Å². The van der Waals surface area contributed by atoms with Crippen molar-refractivity contribution in [3.63, 3.8) is 0 Å². The van der Waals surface area contributed by atoms with Gasteiger partial charge in [0.2, 0.25) is 0 Å². The summed E-state index contributed by atoms with van der Waals surface area (Å²) in [5, 5.41) is 6.59. The van der Waals surface area contributed by atoms with Crippen molar-refractivity contribution in [3.8, 4) is 5.75 Å². The van der Waals surface area contributed by atoms with E-state index in [0.29, 0.717) is 6.04 Å². The van der Waals surface area contributed by atoms with Gasteiger partial charge in [0.1, 0.15) is 11.4 Å². The molecule has 0 saturated heterocycles. The molecule has 24 heavy (non-hydrogen) atoms. The van der Waals surface area contributed by atoms with E-state index in [2.05, 4.69) is 23.6 Å². The van der Waals surface area contributed by atoms with E-state index < -0.39 is 5.60 Å². The number of anilines is 1. The van der Waals surface area contributed by atoms with Crippen LogP contribution in [0.5, 0.6) is 5.75 Å². The van der Waals surface area contributed by atoms with Crippen LogP contribution >= 0.6 is 0 Å². The molecule has 1 aromatic rings. The van der Waals surface area contributed by atoms with Crippen molar-refractivity contribution < 1.29 is 14.3 Å². The third-order valence-electron chi connectivity index (χ3n) is 4.24. The smallest absolute Gasteiger partial charge is 0.407 e. The molecule has 1 amide bonds. The van der Waals surface area contributed by atoms with E-state index in [-0.39, 0.29) is 12.1 Å². The normalized spacial score (nSPS) is 21.0. The second-order valence-electron chi connectivity index (χ2n) is 7.52. The number of methoxy groups -OCH3 is 1. The Labute approximate surface area is 145 Å². The molecule has 134 valence electrons. The number of nitrogens with one attached hydrogen (secondary N) is 2. The number of aryl methyl sites for hydroxylation is 1. The number of ether oxygens (including phenoxy) is 2. The SMILES string of the molecule is COc1ccc(NC2CCC(NC(=O)OC(C)(C)C)CC2)c(C)c1. The molecule has 1 aliphatic rings. The van der Waals surface area contributed by atoms with Gasteiger partial charge in [-0.25, -0.2) is 4.79 Å². The van der Waals surface area contributed by atoms with Crippen LogP contribution < -0.4 is 15.4 Å². The van der Waals surface area contributed by atoms with Gasteiger partial charge in [0, 0.05) is 17.8 Å². The molecule has 0 bridgehead atoms. The van der Waals surface area contributed by atoms with Crippen LogP contribution in [0.4, 0.5) is 10.5 Å². The van der Waals surface area contributed by atoms with Crippen LogP contribution in [0.2, 0.25) is 0 Å². The van der Waals surface area contributed by atoms with E-state index in [4.69, 9.17) is 9.47 Å².